The Morgan fingerprint density at radius 3 is 3.13 bits per heavy atom. The van der Waals surface area contributed by atoms with Crippen LogP contribution in [-0.4, -0.2) is 35.4 Å². The van der Waals surface area contributed by atoms with E-state index in [-0.39, 0.29) is 6.10 Å². The number of rotatable bonds is 2. The van der Waals surface area contributed by atoms with Gasteiger partial charge in [-0.1, -0.05) is 5.16 Å². The fourth-order valence-corrected chi connectivity index (χ4v) is 2.49. The number of nitrogens with zero attached hydrogens (tertiary/aromatic N) is 2. The quantitative estimate of drug-likeness (QED) is 0.759. The normalized spacial score (nSPS) is 34.6. The molecule has 3 rings (SSSR count). The van der Waals surface area contributed by atoms with Crippen molar-refractivity contribution in [3.8, 4) is 0 Å². The summed E-state index contributed by atoms with van der Waals surface area (Å²) >= 11 is 0. The molecule has 3 heterocycles. The average molecular weight is 209 g/mol. The van der Waals surface area contributed by atoms with E-state index in [1.165, 1.54) is 0 Å². The van der Waals surface area contributed by atoms with Crippen LogP contribution in [0.1, 0.15) is 18.1 Å². The van der Waals surface area contributed by atoms with Crippen molar-refractivity contribution in [2.24, 2.45) is 5.92 Å². The maximum atomic E-state index is 5.91. The molecule has 1 aromatic rings. The van der Waals surface area contributed by atoms with Crippen LogP contribution in [0.2, 0.25) is 0 Å². The minimum Gasteiger partial charge on any atom is -0.373 e. The lowest BCUT2D eigenvalue weighted by Gasteiger charge is -2.09. The van der Waals surface area contributed by atoms with Crippen LogP contribution in [0.3, 0.4) is 0 Å². The van der Waals surface area contributed by atoms with Gasteiger partial charge in [0.25, 0.3) is 0 Å². The predicted octanol–water partition coefficient (Wildman–Crippen LogP) is 0.297. The Morgan fingerprint density at radius 1 is 1.47 bits per heavy atom. The summed E-state index contributed by atoms with van der Waals surface area (Å²) in [5, 5.41) is 7.11. The number of aryl methyl sites for hydroxylation is 1. The standard InChI is InChI=1S/C10H15N3O2/c1-6-12-10(15-13-6)3-8-2-7-4-11-5-9(7)14-8/h7-9,11H,2-5H2,1H3/t7-,8+,9+/m0/s1. The van der Waals surface area contributed by atoms with Gasteiger partial charge < -0.3 is 14.6 Å². The van der Waals surface area contributed by atoms with E-state index in [2.05, 4.69) is 15.5 Å². The van der Waals surface area contributed by atoms with Gasteiger partial charge in [-0.2, -0.15) is 4.98 Å². The van der Waals surface area contributed by atoms with Crippen molar-refractivity contribution in [2.75, 3.05) is 13.1 Å². The lowest BCUT2D eigenvalue weighted by atomic mass is 10.0. The van der Waals surface area contributed by atoms with Crippen LogP contribution in [0, 0.1) is 12.8 Å². The third-order valence-corrected chi connectivity index (χ3v) is 3.18. The van der Waals surface area contributed by atoms with E-state index in [0.717, 1.165) is 25.9 Å². The highest BCUT2D eigenvalue weighted by atomic mass is 16.5. The van der Waals surface area contributed by atoms with Gasteiger partial charge in [0, 0.05) is 19.0 Å². The molecule has 0 aliphatic carbocycles. The highest BCUT2D eigenvalue weighted by Crippen LogP contribution is 2.30. The third kappa shape index (κ3) is 1.77. The molecule has 0 amide bonds. The molecule has 5 heteroatoms. The second kappa shape index (κ2) is 3.57. The lowest BCUT2D eigenvalue weighted by Crippen LogP contribution is -2.20. The van der Waals surface area contributed by atoms with Crippen LogP contribution >= 0.6 is 0 Å². The van der Waals surface area contributed by atoms with Gasteiger partial charge in [-0.25, -0.2) is 0 Å². The Bertz CT molecular complexity index is 340. The molecule has 0 radical (unpaired) electrons. The van der Waals surface area contributed by atoms with E-state index >= 15 is 0 Å². The van der Waals surface area contributed by atoms with Crippen molar-refractivity contribution in [1.82, 2.24) is 15.5 Å². The van der Waals surface area contributed by atoms with Crippen LogP contribution in [0.25, 0.3) is 0 Å². The first-order valence-electron chi connectivity index (χ1n) is 5.46. The second-order valence-electron chi connectivity index (χ2n) is 4.39. The Labute approximate surface area is 88.2 Å². The Balaban J connectivity index is 1.61. The number of hydrogen-bond donors (Lipinski definition) is 1. The van der Waals surface area contributed by atoms with Crippen LogP contribution in [-0.2, 0) is 11.2 Å². The van der Waals surface area contributed by atoms with Gasteiger partial charge in [0.05, 0.1) is 18.6 Å². The molecule has 82 valence electrons. The largest absolute Gasteiger partial charge is 0.373 e. The average Bonchev–Trinajstić information content (AvgIpc) is 2.81. The van der Waals surface area contributed by atoms with Crippen molar-refractivity contribution in [1.29, 1.82) is 0 Å². The van der Waals surface area contributed by atoms with E-state index in [1.807, 2.05) is 6.92 Å². The summed E-state index contributed by atoms with van der Waals surface area (Å²) in [6.07, 6.45) is 2.54. The summed E-state index contributed by atoms with van der Waals surface area (Å²) in [5.41, 5.74) is 0. The van der Waals surface area contributed by atoms with Crippen molar-refractivity contribution in [3.63, 3.8) is 0 Å². The molecule has 2 aliphatic rings. The van der Waals surface area contributed by atoms with Gasteiger partial charge in [-0.15, -0.1) is 0 Å². The molecular weight excluding hydrogens is 194 g/mol. The van der Waals surface area contributed by atoms with Crippen molar-refractivity contribution in [2.45, 2.75) is 32.0 Å². The molecule has 3 atom stereocenters. The number of nitrogens with one attached hydrogen (secondary N) is 1. The Hall–Kier alpha value is -0.940. The topological polar surface area (TPSA) is 60.2 Å². The first-order valence-corrected chi connectivity index (χ1v) is 5.46. The maximum absolute atomic E-state index is 5.91. The number of hydrogen-bond acceptors (Lipinski definition) is 5. The SMILES string of the molecule is Cc1noc(C[C@H]2C[C@H]3CNC[C@H]3O2)n1. The summed E-state index contributed by atoms with van der Waals surface area (Å²) in [6, 6.07) is 0. The smallest absolute Gasteiger partial charge is 0.229 e. The molecule has 1 N–H and O–H groups in total. The first-order chi connectivity index (χ1) is 7.31. The molecule has 15 heavy (non-hydrogen) atoms. The van der Waals surface area contributed by atoms with Gasteiger partial charge in [-0.05, 0) is 13.3 Å². The fraction of sp³-hybridized carbons (Fsp3) is 0.800. The lowest BCUT2D eigenvalue weighted by molar-refractivity contribution is 0.0442. The van der Waals surface area contributed by atoms with Gasteiger partial charge in [0.15, 0.2) is 5.82 Å². The molecular formula is C10H15N3O2. The molecule has 1 aromatic heterocycles. The molecule has 2 fully saturated rings. The highest BCUT2D eigenvalue weighted by molar-refractivity contribution is 4.94. The van der Waals surface area contributed by atoms with E-state index in [4.69, 9.17) is 9.26 Å². The van der Waals surface area contributed by atoms with Crippen molar-refractivity contribution >= 4 is 0 Å². The predicted molar refractivity (Wildman–Crippen MR) is 52.4 cm³/mol. The Kier molecular flexibility index (Phi) is 2.21. The van der Waals surface area contributed by atoms with Crippen LogP contribution in [0.5, 0.6) is 0 Å². The molecule has 0 spiro atoms. The molecule has 0 unspecified atom stereocenters. The second-order valence-corrected chi connectivity index (χ2v) is 4.39. The molecule has 2 saturated heterocycles. The monoisotopic (exact) mass is 209 g/mol. The van der Waals surface area contributed by atoms with E-state index < -0.39 is 0 Å². The molecule has 0 bridgehead atoms. The zero-order chi connectivity index (χ0) is 10.3. The third-order valence-electron chi connectivity index (χ3n) is 3.18. The first kappa shape index (κ1) is 9.30. The van der Waals surface area contributed by atoms with E-state index in [9.17, 15) is 0 Å². The van der Waals surface area contributed by atoms with Crippen LogP contribution in [0.4, 0.5) is 0 Å². The summed E-state index contributed by atoms with van der Waals surface area (Å²) in [5.74, 6) is 2.08. The molecule has 5 nitrogen and oxygen atoms in total. The number of fused-ring (bicyclic) bond motifs is 1. The molecule has 2 aliphatic heterocycles. The minimum absolute atomic E-state index is 0.266. The van der Waals surface area contributed by atoms with E-state index in [1.54, 1.807) is 0 Å². The van der Waals surface area contributed by atoms with Crippen molar-refractivity contribution < 1.29 is 9.26 Å². The van der Waals surface area contributed by atoms with E-state index in [0.29, 0.717) is 23.7 Å². The van der Waals surface area contributed by atoms with Gasteiger partial charge in [0.1, 0.15) is 0 Å². The van der Waals surface area contributed by atoms with Crippen LogP contribution in [0.15, 0.2) is 4.52 Å². The molecule has 0 aromatic carbocycles. The minimum atomic E-state index is 0.266. The summed E-state index contributed by atoms with van der Waals surface area (Å²) in [4.78, 5) is 4.19. The number of ether oxygens (including phenoxy) is 1. The van der Waals surface area contributed by atoms with Gasteiger partial charge in [0.2, 0.25) is 5.89 Å². The summed E-state index contributed by atoms with van der Waals surface area (Å²) in [7, 11) is 0. The Morgan fingerprint density at radius 2 is 2.40 bits per heavy atom. The van der Waals surface area contributed by atoms with Gasteiger partial charge >= 0.3 is 0 Å². The summed E-state index contributed by atoms with van der Waals surface area (Å²) < 4.78 is 11.0. The maximum Gasteiger partial charge on any atom is 0.229 e. The van der Waals surface area contributed by atoms with Crippen LogP contribution < -0.4 is 5.32 Å². The molecule has 0 saturated carbocycles. The number of aromatic nitrogens is 2. The fourth-order valence-electron chi connectivity index (χ4n) is 2.49. The van der Waals surface area contributed by atoms with Crippen molar-refractivity contribution in [3.05, 3.63) is 11.7 Å². The summed E-state index contributed by atoms with van der Waals surface area (Å²) in [6.45, 7) is 3.91. The highest BCUT2D eigenvalue weighted by Gasteiger charge is 2.38. The van der Waals surface area contributed by atoms with Gasteiger partial charge in [-0.3, -0.25) is 0 Å². The zero-order valence-electron chi connectivity index (χ0n) is 8.77. The zero-order valence-corrected chi connectivity index (χ0v) is 8.77.